The summed E-state index contributed by atoms with van der Waals surface area (Å²) < 4.78 is 5.77. The normalized spacial score (nSPS) is 20.9. The predicted molar refractivity (Wildman–Crippen MR) is 90.4 cm³/mol. The number of benzene rings is 1. The molecule has 1 saturated heterocycles. The quantitative estimate of drug-likeness (QED) is 0.830. The van der Waals surface area contributed by atoms with E-state index in [-0.39, 0.29) is 6.10 Å². The SMILES string of the molecule is CC[C@@H]1CN(CCOc2ccccc2C#N)CCN1C[C@H](C)O. The monoisotopic (exact) mass is 317 g/mol. The molecule has 1 aliphatic heterocycles. The van der Waals surface area contributed by atoms with Crippen LogP contribution < -0.4 is 4.74 Å². The van der Waals surface area contributed by atoms with Crippen LogP contribution in [0.2, 0.25) is 0 Å². The standard InChI is InChI=1S/C18H27N3O2/c1-3-17-14-20(8-9-21(17)13-15(2)22)10-11-23-18-7-5-4-6-16(18)12-19/h4-7,15,17,22H,3,8-11,13-14H2,1-2H3/t15-,17+/m0/s1. The summed E-state index contributed by atoms with van der Waals surface area (Å²) >= 11 is 0. The number of hydrogen-bond donors (Lipinski definition) is 1. The number of piperazine rings is 1. The van der Waals surface area contributed by atoms with Crippen LogP contribution >= 0.6 is 0 Å². The molecule has 5 nitrogen and oxygen atoms in total. The van der Waals surface area contributed by atoms with Crippen molar-refractivity contribution >= 4 is 0 Å². The van der Waals surface area contributed by atoms with E-state index in [1.807, 2.05) is 25.1 Å². The highest BCUT2D eigenvalue weighted by Gasteiger charge is 2.26. The molecule has 2 rings (SSSR count). The third kappa shape index (κ3) is 5.21. The maximum Gasteiger partial charge on any atom is 0.137 e. The van der Waals surface area contributed by atoms with Gasteiger partial charge < -0.3 is 9.84 Å². The number of β-amino-alcohol motifs (C(OH)–C–C–N with tert-alkyl or cyclic N) is 1. The van der Waals surface area contributed by atoms with Crippen LogP contribution in [0.5, 0.6) is 5.75 Å². The lowest BCUT2D eigenvalue weighted by molar-refractivity contribution is 0.0322. The molecule has 0 aliphatic carbocycles. The Labute approximate surface area is 139 Å². The molecule has 0 radical (unpaired) electrons. The van der Waals surface area contributed by atoms with Crippen LogP contribution in [0.15, 0.2) is 24.3 Å². The highest BCUT2D eigenvalue weighted by molar-refractivity contribution is 5.42. The second kappa shape index (κ2) is 8.88. The fourth-order valence-corrected chi connectivity index (χ4v) is 3.10. The minimum atomic E-state index is -0.276. The lowest BCUT2D eigenvalue weighted by Crippen LogP contribution is -2.55. The minimum Gasteiger partial charge on any atom is -0.491 e. The lowest BCUT2D eigenvalue weighted by Gasteiger charge is -2.41. The fourth-order valence-electron chi connectivity index (χ4n) is 3.10. The minimum absolute atomic E-state index is 0.276. The van der Waals surface area contributed by atoms with Crippen LogP contribution in [0.4, 0.5) is 0 Å². The molecule has 5 heteroatoms. The van der Waals surface area contributed by atoms with Gasteiger partial charge in [0.1, 0.15) is 18.4 Å². The number of aliphatic hydroxyl groups excluding tert-OH is 1. The largest absolute Gasteiger partial charge is 0.491 e. The molecule has 0 aromatic heterocycles. The highest BCUT2D eigenvalue weighted by Crippen LogP contribution is 2.17. The Hall–Kier alpha value is -1.61. The van der Waals surface area contributed by atoms with Gasteiger partial charge in [-0.2, -0.15) is 5.26 Å². The first-order valence-corrected chi connectivity index (χ1v) is 8.40. The molecule has 1 aromatic rings. The summed E-state index contributed by atoms with van der Waals surface area (Å²) in [5.41, 5.74) is 0.584. The van der Waals surface area contributed by atoms with E-state index in [1.54, 1.807) is 6.07 Å². The van der Waals surface area contributed by atoms with Crippen molar-refractivity contribution in [1.29, 1.82) is 5.26 Å². The van der Waals surface area contributed by atoms with Crippen LogP contribution in [0.3, 0.4) is 0 Å². The third-order valence-corrected chi connectivity index (χ3v) is 4.33. The molecule has 1 heterocycles. The van der Waals surface area contributed by atoms with Gasteiger partial charge >= 0.3 is 0 Å². The highest BCUT2D eigenvalue weighted by atomic mass is 16.5. The van der Waals surface area contributed by atoms with E-state index in [0.717, 1.165) is 39.1 Å². The summed E-state index contributed by atoms with van der Waals surface area (Å²) in [5.74, 6) is 0.662. The Bertz CT molecular complexity index is 527. The van der Waals surface area contributed by atoms with E-state index in [2.05, 4.69) is 22.8 Å². The van der Waals surface area contributed by atoms with Gasteiger partial charge in [0.05, 0.1) is 11.7 Å². The molecule has 0 amide bonds. The molecule has 0 bridgehead atoms. The number of ether oxygens (including phenoxy) is 1. The second-order valence-corrected chi connectivity index (χ2v) is 6.16. The summed E-state index contributed by atoms with van der Waals surface area (Å²) in [6, 6.07) is 9.99. The molecule has 1 fully saturated rings. The number of nitriles is 1. The van der Waals surface area contributed by atoms with E-state index in [4.69, 9.17) is 10.00 Å². The second-order valence-electron chi connectivity index (χ2n) is 6.16. The number of para-hydroxylation sites is 1. The van der Waals surface area contributed by atoms with E-state index < -0.39 is 0 Å². The summed E-state index contributed by atoms with van der Waals surface area (Å²) in [6.07, 6.45) is 0.808. The Morgan fingerprint density at radius 1 is 1.39 bits per heavy atom. The van der Waals surface area contributed by atoms with Gasteiger partial charge in [-0.1, -0.05) is 19.1 Å². The van der Waals surface area contributed by atoms with Crippen molar-refractivity contribution in [1.82, 2.24) is 9.80 Å². The number of aliphatic hydroxyl groups is 1. The Balaban J connectivity index is 1.80. The van der Waals surface area contributed by atoms with Crippen molar-refractivity contribution in [2.24, 2.45) is 0 Å². The van der Waals surface area contributed by atoms with Crippen LogP contribution in [-0.4, -0.2) is 66.4 Å². The topological polar surface area (TPSA) is 59.7 Å². The molecule has 0 saturated carbocycles. The van der Waals surface area contributed by atoms with Crippen molar-refractivity contribution in [3.8, 4) is 11.8 Å². The Morgan fingerprint density at radius 2 is 2.17 bits per heavy atom. The number of hydrogen-bond acceptors (Lipinski definition) is 5. The first-order chi connectivity index (χ1) is 11.1. The molecular formula is C18H27N3O2. The first-order valence-electron chi connectivity index (χ1n) is 8.40. The molecular weight excluding hydrogens is 290 g/mol. The van der Waals surface area contributed by atoms with Crippen LogP contribution in [0.1, 0.15) is 25.8 Å². The zero-order chi connectivity index (χ0) is 16.7. The number of rotatable bonds is 7. The molecule has 126 valence electrons. The van der Waals surface area contributed by atoms with Gasteiger partial charge in [0.15, 0.2) is 0 Å². The third-order valence-electron chi connectivity index (χ3n) is 4.33. The Morgan fingerprint density at radius 3 is 2.87 bits per heavy atom. The van der Waals surface area contributed by atoms with Gasteiger partial charge in [-0.05, 0) is 25.5 Å². The summed E-state index contributed by atoms with van der Waals surface area (Å²) in [5, 5.41) is 18.7. The maximum absolute atomic E-state index is 9.60. The average Bonchev–Trinajstić information content (AvgIpc) is 2.56. The van der Waals surface area contributed by atoms with Crippen molar-refractivity contribution in [2.75, 3.05) is 39.3 Å². The van der Waals surface area contributed by atoms with E-state index in [0.29, 0.717) is 24.0 Å². The maximum atomic E-state index is 9.60. The van der Waals surface area contributed by atoms with E-state index in [9.17, 15) is 5.11 Å². The van der Waals surface area contributed by atoms with E-state index >= 15 is 0 Å². The summed E-state index contributed by atoms with van der Waals surface area (Å²) in [6.45, 7) is 9.22. The smallest absolute Gasteiger partial charge is 0.137 e. The van der Waals surface area contributed by atoms with Gasteiger partial charge in [0.2, 0.25) is 0 Å². The Kier molecular flexibility index (Phi) is 6.85. The summed E-state index contributed by atoms with van der Waals surface area (Å²) in [4.78, 5) is 4.79. The zero-order valence-electron chi connectivity index (χ0n) is 14.1. The van der Waals surface area contributed by atoms with Gasteiger partial charge in [0.25, 0.3) is 0 Å². The summed E-state index contributed by atoms with van der Waals surface area (Å²) in [7, 11) is 0. The lowest BCUT2D eigenvalue weighted by atomic mass is 10.1. The first kappa shape index (κ1) is 17.7. The van der Waals surface area contributed by atoms with Gasteiger partial charge in [-0.3, -0.25) is 9.80 Å². The van der Waals surface area contributed by atoms with Gasteiger partial charge in [-0.25, -0.2) is 0 Å². The molecule has 0 unspecified atom stereocenters. The van der Waals surface area contributed by atoms with Gasteiger partial charge in [0, 0.05) is 38.8 Å². The molecule has 1 aliphatic rings. The molecule has 1 aromatic carbocycles. The van der Waals surface area contributed by atoms with Crippen LogP contribution in [0, 0.1) is 11.3 Å². The van der Waals surface area contributed by atoms with Crippen molar-refractivity contribution < 1.29 is 9.84 Å². The molecule has 0 spiro atoms. The van der Waals surface area contributed by atoms with Crippen molar-refractivity contribution in [3.05, 3.63) is 29.8 Å². The van der Waals surface area contributed by atoms with Crippen LogP contribution in [-0.2, 0) is 0 Å². The van der Waals surface area contributed by atoms with Crippen molar-refractivity contribution in [2.45, 2.75) is 32.4 Å². The molecule has 23 heavy (non-hydrogen) atoms. The van der Waals surface area contributed by atoms with Gasteiger partial charge in [-0.15, -0.1) is 0 Å². The average molecular weight is 317 g/mol. The zero-order valence-corrected chi connectivity index (χ0v) is 14.1. The van der Waals surface area contributed by atoms with Crippen LogP contribution in [0.25, 0.3) is 0 Å². The molecule has 2 atom stereocenters. The predicted octanol–water partition coefficient (Wildman–Crippen LogP) is 1.71. The number of nitrogens with zero attached hydrogens (tertiary/aromatic N) is 3. The fraction of sp³-hybridized carbons (Fsp3) is 0.611. The van der Waals surface area contributed by atoms with Crippen molar-refractivity contribution in [3.63, 3.8) is 0 Å². The molecule has 1 N–H and O–H groups in total. The van der Waals surface area contributed by atoms with E-state index in [1.165, 1.54) is 0 Å².